The van der Waals surface area contributed by atoms with E-state index in [1.54, 1.807) is 36.4 Å². The highest BCUT2D eigenvalue weighted by molar-refractivity contribution is 6.58. The van der Waals surface area contributed by atoms with E-state index in [0.717, 1.165) is 9.95 Å². The lowest BCUT2D eigenvalue weighted by Crippen LogP contribution is -2.30. The van der Waals surface area contributed by atoms with Crippen molar-refractivity contribution in [3.05, 3.63) is 98.7 Å². The molecule has 0 saturated heterocycles. The molecule has 0 saturated carbocycles. The monoisotopic (exact) mass is 439 g/mol. The van der Waals surface area contributed by atoms with Gasteiger partial charge in [0.15, 0.2) is 5.71 Å². The number of carbonyl (C=O) groups excluding carboxylic acids is 1. The lowest BCUT2D eigenvalue weighted by molar-refractivity contribution is -0.132. The molecule has 162 valence electrons. The van der Waals surface area contributed by atoms with Crippen LogP contribution in [0, 0.1) is 0 Å². The molecule has 0 bridgehead atoms. The second-order valence-electron chi connectivity index (χ2n) is 7.36. The van der Waals surface area contributed by atoms with Crippen LogP contribution in [0.25, 0.3) is 28.1 Å². The lowest BCUT2D eigenvalue weighted by Gasteiger charge is -2.13. The fourth-order valence-electron chi connectivity index (χ4n) is 3.95. The Labute approximate surface area is 186 Å². The summed E-state index contributed by atoms with van der Waals surface area (Å²) in [6.45, 7) is 0. The Morgan fingerprint density at radius 3 is 2.58 bits per heavy atom. The second kappa shape index (κ2) is 7.76. The number of methoxy groups -OCH3 is 1. The molecule has 0 radical (unpaired) electrons. The Morgan fingerprint density at radius 2 is 1.76 bits per heavy atom. The molecule has 8 heteroatoms. The summed E-state index contributed by atoms with van der Waals surface area (Å²) in [6.07, 6.45) is 1.34. The maximum absolute atomic E-state index is 12.7. The van der Waals surface area contributed by atoms with E-state index in [4.69, 9.17) is 4.74 Å². The number of H-pyrrole nitrogens is 1. The van der Waals surface area contributed by atoms with Crippen LogP contribution in [0.5, 0.6) is 5.88 Å². The van der Waals surface area contributed by atoms with Crippen LogP contribution in [0.15, 0.2) is 81.3 Å². The molecule has 3 aromatic carbocycles. The van der Waals surface area contributed by atoms with Gasteiger partial charge in [-0.15, -0.1) is 0 Å². The highest BCUT2D eigenvalue weighted by Crippen LogP contribution is 2.37. The van der Waals surface area contributed by atoms with Crippen LogP contribution in [0.1, 0.15) is 11.1 Å². The fourth-order valence-corrected chi connectivity index (χ4v) is 3.95. The molecule has 33 heavy (non-hydrogen) atoms. The molecular formula is C25H17N3O5. The van der Waals surface area contributed by atoms with Crippen LogP contribution in [0.2, 0.25) is 0 Å². The number of carbonyl (C=O) groups is 1. The topological polar surface area (TPSA) is 114 Å². The van der Waals surface area contributed by atoms with Crippen LogP contribution in [0.3, 0.4) is 0 Å². The average Bonchev–Trinajstić information content (AvgIpc) is 3.19. The number of esters is 1. The molecular weight excluding hydrogens is 422 g/mol. The summed E-state index contributed by atoms with van der Waals surface area (Å²) in [7, 11) is 1.23. The van der Waals surface area contributed by atoms with Gasteiger partial charge in [-0.05, 0) is 23.6 Å². The van der Waals surface area contributed by atoms with Gasteiger partial charge >= 0.3 is 11.7 Å². The summed E-state index contributed by atoms with van der Waals surface area (Å²) < 4.78 is 5.87. The molecule has 0 fully saturated rings. The number of ether oxygens (including phenoxy) is 1. The number of aromatic hydroxyl groups is 1. The van der Waals surface area contributed by atoms with Crippen molar-refractivity contribution in [2.24, 2.45) is 4.99 Å². The van der Waals surface area contributed by atoms with Crippen molar-refractivity contribution in [2.45, 2.75) is 0 Å². The van der Waals surface area contributed by atoms with Crippen LogP contribution in [-0.2, 0) is 9.53 Å². The van der Waals surface area contributed by atoms with Gasteiger partial charge in [0.25, 0.3) is 5.56 Å². The van der Waals surface area contributed by atoms with Crippen molar-refractivity contribution < 1.29 is 14.6 Å². The summed E-state index contributed by atoms with van der Waals surface area (Å²) >= 11 is 0. The predicted molar refractivity (Wildman–Crippen MR) is 125 cm³/mol. The van der Waals surface area contributed by atoms with Crippen molar-refractivity contribution in [1.29, 1.82) is 0 Å². The Morgan fingerprint density at radius 1 is 1.03 bits per heavy atom. The van der Waals surface area contributed by atoms with Crippen LogP contribution in [0.4, 0.5) is 5.69 Å². The molecule has 1 aliphatic heterocycles. The van der Waals surface area contributed by atoms with Crippen molar-refractivity contribution in [2.75, 3.05) is 7.11 Å². The number of fused-ring (bicyclic) bond motifs is 2. The number of nitrogens with one attached hydrogen (secondary N) is 1. The minimum Gasteiger partial charge on any atom is -0.494 e. The van der Waals surface area contributed by atoms with Crippen LogP contribution in [-0.4, -0.2) is 33.4 Å². The van der Waals surface area contributed by atoms with Crippen molar-refractivity contribution in [3.8, 4) is 11.6 Å². The first-order valence-electron chi connectivity index (χ1n) is 10.0. The van der Waals surface area contributed by atoms with Gasteiger partial charge < -0.3 is 9.84 Å². The summed E-state index contributed by atoms with van der Waals surface area (Å²) in [5.74, 6) is -1.24. The largest absolute Gasteiger partial charge is 0.494 e. The summed E-state index contributed by atoms with van der Waals surface area (Å²) in [5.41, 5.74) is 0.0645. The van der Waals surface area contributed by atoms with E-state index in [2.05, 4.69) is 9.98 Å². The second-order valence-corrected chi connectivity index (χ2v) is 7.36. The first kappa shape index (κ1) is 20.2. The smallest absolute Gasteiger partial charge is 0.357 e. The molecule has 8 nitrogen and oxygen atoms in total. The number of para-hydroxylation sites is 1. The first-order valence-corrected chi connectivity index (χ1v) is 10.0. The van der Waals surface area contributed by atoms with Gasteiger partial charge in [-0.2, -0.15) is 0 Å². The minimum absolute atomic E-state index is 0.000380. The molecule has 1 aliphatic rings. The SMILES string of the molecule is COC(=O)C1=Nc2ccccc2/C1=C/c1c(O)n(-c2cccc3ccccc23)c(=O)[nH]c1=O. The fraction of sp³-hybridized carbons (Fsp3) is 0.0400. The highest BCUT2D eigenvalue weighted by atomic mass is 16.5. The number of aromatic nitrogens is 2. The normalized spacial score (nSPS) is 13.7. The van der Waals surface area contributed by atoms with E-state index in [0.29, 0.717) is 27.9 Å². The lowest BCUT2D eigenvalue weighted by atomic mass is 10.0. The minimum atomic E-state index is -0.796. The van der Waals surface area contributed by atoms with Gasteiger partial charge in [0, 0.05) is 16.5 Å². The molecule has 1 aromatic heterocycles. The Hall–Kier alpha value is -4.72. The van der Waals surface area contributed by atoms with Crippen LogP contribution >= 0.6 is 0 Å². The molecule has 0 amide bonds. The maximum Gasteiger partial charge on any atom is 0.357 e. The number of benzene rings is 3. The zero-order valence-corrected chi connectivity index (χ0v) is 17.4. The summed E-state index contributed by atoms with van der Waals surface area (Å²) in [6, 6.07) is 19.7. The highest BCUT2D eigenvalue weighted by Gasteiger charge is 2.28. The summed E-state index contributed by atoms with van der Waals surface area (Å²) in [4.78, 5) is 44.4. The van der Waals surface area contributed by atoms with Gasteiger partial charge in [0.2, 0.25) is 5.88 Å². The molecule has 0 atom stereocenters. The molecule has 0 spiro atoms. The van der Waals surface area contributed by atoms with Crippen molar-refractivity contribution in [3.63, 3.8) is 0 Å². The van der Waals surface area contributed by atoms with E-state index in [1.165, 1.54) is 13.2 Å². The van der Waals surface area contributed by atoms with Gasteiger partial charge in [0.05, 0.1) is 18.5 Å². The number of nitrogens with zero attached hydrogens (tertiary/aromatic N) is 2. The molecule has 0 unspecified atom stereocenters. The average molecular weight is 439 g/mol. The third-order valence-electron chi connectivity index (χ3n) is 5.48. The van der Waals surface area contributed by atoms with Gasteiger partial charge in [-0.25, -0.2) is 19.1 Å². The molecule has 2 heterocycles. The molecule has 5 rings (SSSR count). The van der Waals surface area contributed by atoms with Gasteiger partial charge in [0.1, 0.15) is 5.56 Å². The Bertz CT molecular complexity index is 1620. The number of hydrogen-bond donors (Lipinski definition) is 2. The van der Waals surface area contributed by atoms with Crippen molar-refractivity contribution in [1.82, 2.24) is 9.55 Å². The zero-order chi connectivity index (χ0) is 23.1. The third-order valence-corrected chi connectivity index (χ3v) is 5.48. The van der Waals surface area contributed by atoms with E-state index >= 15 is 0 Å². The van der Waals surface area contributed by atoms with Gasteiger partial charge in [-0.3, -0.25) is 9.78 Å². The van der Waals surface area contributed by atoms with Gasteiger partial charge in [-0.1, -0.05) is 54.6 Å². The van der Waals surface area contributed by atoms with Crippen LogP contribution < -0.4 is 11.2 Å². The third kappa shape index (κ3) is 3.25. The zero-order valence-electron chi connectivity index (χ0n) is 17.4. The number of aliphatic imine (C=N–C) groups is 1. The molecule has 2 N–H and O–H groups in total. The first-order chi connectivity index (χ1) is 16.0. The van der Waals surface area contributed by atoms with E-state index < -0.39 is 23.1 Å². The molecule has 0 aliphatic carbocycles. The van der Waals surface area contributed by atoms with E-state index in [1.807, 2.05) is 30.3 Å². The number of hydrogen-bond acceptors (Lipinski definition) is 6. The maximum atomic E-state index is 12.7. The number of aromatic amines is 1. The van der Waals surface area contributed by atoms with Crippen molar-refractivity contribution >= 4 is 39.8 Å². The number of rotatable bonds is 3. The quantitative estimate of drug-likeness (QED) is 0.476. The summed E-state index contributed by atoms with van der Waals surface area (Å²) in [5, 5.41) is 12.7. The molecule has 4 aromatic rings. The van der Waals surface area contributed by atoms with E-state index in [9.17, 15) is 19.5 Å². The Kier molecular flexibility index (Phi) is 4.75. The Balaban J connectivity index is 1.78. The predicted octanol–water partition coefficient (Wildman–Crippen LogP) is 3.18. The van der Waals surface area contributed by atoms with E-state index in [-0.39, 0.29) is 11.3 Å². The standard InChI is InChI=1S/C25H17N3O5/c1-33-24(31)21-17(16-10-4-5-11-19(16)26-21)13-18-22(29)27-25(32)28(23(18)30)20-12-6-8-14-7-2-3-9-15(14)20/h2-13,30H,1H3,(H,27,29,32)/b17-13-.